The van der Waals surface area contributed by atoms with Crippen LogP contribution in [0.3, 0.4) is 0 Å². The fraction of sp³-hybridized carbons (Fsp3) is 0.500. The van der Waals surface area contributed by atoms with Crippen molar-refractivity contribution in [3.63, 3.8) is 0 Å². The van der Waals surface area contributed by atoms with E-state index < -0.39 is 21.0 Å². The Hall–Kier alpha value is -1.51. The maximum Gasteiger partial charge on any atom is 0.269 e. The van der Waals surface area contributed by atoms with Crippen LogP contribution >= 0.6 is 0 Å². The number of hydrogen-bond donors (Lipinski definition) is 1. The zero-order valence-corrected chi connectivity index (χ0v) is 11.8. The SMILES string of the molecule is Cc1cc([N+](=O)[O-])ccc1S(=O)(=O)N1CCC[C@@H]1CO. The third-order valence-electron chi connectivity index (χ3n) is 3.49. The summed E-state index contributed by atoms with van der Waals surface area (Å²) in [5.41, 5.74) is 0.198. The number of non-ortho nitro benzene ring substituents is 1. The van der Waals surface area contributed by atoms with Crippen LogP contribution < -0.4 is 0 Å². The first-order valence-corrected chi connectivity index (χ1v) is 7.69. The summed E-state index contributed by atoms with van der Waals surface area (Å²) in [6.45, 7) is 1.68. The van der Waals surface area contributed by atoms with E-state index in [1.54, 1.807) is 0 Å². The highest BCUT2D eigenvalue weighted by molar-refractivity contribution is 7.89. The van der Waals surface area contributed by atoms with Crippen molar-refractivity contribution in [2.45, 2.75) is 30.7 Å². The zero-order valence-electron chi connectivity index (χ0n) is 11.0. The van der Waals surface area contributed by atoms with E-state index in [1.807, 2.05) is 0 Å². The van der Waals surface area contributed by atoms with E-state index in [-0.39, 0.29) is 17.2 Å². The molecule has 1 aromatic rings. The van der Waals surface area contributed by atoms with Gasteiger partial charge in [-0.3, -0.25) is 10.1 Å². The van der Waals surface area contributed by atoms with Crippen LogP contribution in [0, 0.1) is 17.0 Å². The van der Waals surface area contributed by atoms with Crippen LogP contribution in [0.1, 0.15) is 18.4 Å². The Morgan fingerprint density at radius 2 is 2.20 bits per heavy atom. The van der Waals surface area contributed by atoms with Crippen LogP contribution in [0.5, 0.6) is 0 Å². The van der Waals surface area contributed by atoms with Gasteiger partial charge in [-0.05, 0) is 31.4 Å². The van der Waals surface area contributed by atoms with E-state index in [2.05, 4.69) is 0 Å². The minimum atomic E-state index is -3.72. The van der Waals surface area contributed by atoms with E-state index in [0.717, 1.165) is 0 Å². The first-order chi connectivity index (χ1) is 9.37. The van der Waals surface area contributed by atoms with E-state index in [1.165, 1.54) is 29.4 Å². The predicted molar refractivity (Wildman–Crippen MR) is 71.8 cm³/mol. The molecule has 1 aliphatic rings. The lowest BCUT2D eigenvalue weighted by Gasteiger charge is -2.23. The zero-order chi connectivity index (χ0) is 14.9. The molecular weight excluding hydrogens is 284 g/mol. The molecule has 1 heterocycles. The van der Waals surface area contributed by atoms with Gasteiger partial charge >= 0.3 is 0 Å². The number of nitro groups is 1. The molecule has 0 aromatic heterocycles. The average molecular weight is 300 g/mol. The predicted octanol–water partition coefficient (Wildman–Crippen LogP) is 1.05. The number of hydrogen-bond acceptors (Lipinski definition) is 5. The second-order valence-corrected chi connectivity index (χ2v) is 6.66. The van der Waals surface area contributed by atoms with Crippen LogP contribution in [0.15, 0.2) is 23.1 Å². The number of nitro benzene ring substituents is 1. The number of aliphatic hydroxyl groups excluding tert-OH is 1. The van der Waals surface area contributed by atoms with E-state index in [0.29, 0.717) is 24.9 Å². The van der Waals surface area contributed by atoms with Crippen molar-refractivity contribution in [2.24, 2.45) is 0 Å². The van der Waals surface area contributed by atoms with Crippen LogP contribution in [-0.2, 0) is 10.0 Å². The molecule has 1 fully saturated rings. The molecule has 0 saturated carbocycles. The molecule has 0 radical (unpaired) electrons. The second kappa shape index (κ2) is 5.47. The molecule has 1 N–H and O–H groups in total. The van der Waals surface area contributed by atoms with Crippen molar-refractivity contribution in [2.75, 3.05) is 13.2 Å². The molecule has 2 rings (SSSR count). The third kappa shape index (κ3) is 2.54. The minimum Gasteiger partial charge on any atom is -0.395 e. The maximum absolute atomic E-state index is 12.6. The van der Waals surface area contributed by atoms with Gasteiger partial charge in [-0.25, -0.2) is 8.42 Å². The van der Waals surface area contributed by atoms with Gasteiger partial charge in [0.15, 0.2) is 0 Å². The Labute approximate surface area is 117 Å². The van der Waals surface area contributed by atoms with Crippen molar-refractivity contribution in [3.05, 3.63) is 33.9 Å². The highest BCUT2D eigenvalue weighted by atomic mass is 32.2. The fourth-order valence-electron chi connectivity index (χ4n) is 2.47. The summed E-state index contributed by atoms with van der Waals surface area (Å²) in [6.07, 6.45) is 1.33. The normalized spacial score (nSPS) is 20.2. The largest absolute Gasteiger partial charge is 0.395 e. The number of rotatable bonds is 4. The van der Waals surface area contributed by atoms with Crippen molar-refractivity contribution in [1.82, 2.24) is 4.31 Å². The van der Waals surface area contributed by atoms with Crippen LogP contribution in [0.4, 0.5) is 5.69 Å². The molecule has 110 valence electrons. The first-order valence-electron chi connectivity index (χ1n) is 6.25. The van der Waals surface area contributed by atoms with E-state index >= 15 is 0 Å². The Morgan fingerprint density at radius 3 is 2.75 bits per heavy atom. The summed E-state index contributed by atoms with van der Waals surface area (Å²) < 4.78 is 26.4. The number of aliphatic hydroxyl groups is 1. The summed E-state index contributed by atoms with van der Waals surface area (Å²) in [5, 5.41) is 19.9. The van der Waals surface area contributed by atoms with Crippen LogP contribution in [0.25, 0.3) is 0 Å². The number of benzene rings is 1. The van der Waals surface area contributed by atoms with Gasteiger partial charge in [-0.15, -0.1) is 0 Å². The topological polar surface area (TPSA) is 101 Å². The fourth-order valence-corrected chi connectivity index (χ4v) is 4.36. The highest BCUT2D eigenvalue weighted by Crippen LogP contribution is 2.29. The van der Waals surface area contributed by atoms with Crippen molar-refractivity contribution in [1.29, 1.82) is 0 Å². The van der Waals surface area contributed by atoms with Gasteiger partial charge in [0.2, 0.25) is 10.0 Å². The van der Waals surface area contributed by atoms with Gasteiger partial charge in [0, 0.05) is 24.7 Å². The molecule has 1 aromatic carbocycles. The molecule has 20 heavy (non-hydrogen) atoms. The first kappa shape index (κ1) is 14.9. The average Bonchev–Trinajstić information content (AvgIpc) is 2.87. The Balaban J connectivity index is 2.42. The van der Waals surface area contributed by atoms with Crippen LogP contribution in [0.2, 0.25) is 0 Å². The minimum absolute atomic E-state index is 0.0587. The summed E-state index contributed by atoms with van der Waals surface area (Å²) in [5.74, 6) is 0. The molecule has 0 amide bonds. The van der Waals surface area contributed by atoms with E-state index in [4.69, 9.17) is 0 Å². The number of nitrogens with zero attached hydrogens (tertiary/aromatic N) is 2. The Bertz CT molecular complexity index is 629. The van der Waals surface area contributed by atoms with Crippen molar-refractivity contribution >= 4 is 15.7 Å². The summed E-state index contributed by atoms with van der Waals surface area (Å²) in [6, 6.07) is 3.28. The molecule has 0 spiro atoms. The molecule has 0 unspecified atom stereocenters. The highest BCUT2D eigenvalue weighted by Gasteiger charge is 2.35. The molecule has 1 saturated heterocycles. The summed E-state index contributed by atoms with van der Waals surface area (Å²) >= 11 is 0. The van der Waals surface area contributed by atoms with Crippen molar-refractivity contribution < 1.29 is 18.4 Å². The Kier molecular flexibility index (Phi) is 4.07. The summed E-state index contributed by atoms with van der Waals surface area (Å²) in [7, 11) is -3.72. The second-order valence-electron chi connectivity index (χ2n) is 4.80. The number of sulfonamides is 1. The van der Waals surface area contributed by atoms with E-state index in [9.17, 15) is 23.6 Å². The molecular formula is C12H16N2O5S. The smallest absolute Gasteiger partial charge is 0.269 e. The molecule has 0 aliphatic carbocycles. The monoisotopic (exact) mass is 300 g/mol. The van der Waals surface area contributed by atoms with Crippen molar-refractivity contribution in [3.8, 4) is 0 Å². The number of aryl methyl sites for hydroxylation is 1. The van der Waals surface area contributed by atoms with Gasteiger partial charge < -0.3 is 5.11 Å². The molecule has 8 heteroatoms. The van der Waals surface area contributed by atoms with Gasteiger partial charge in [0.25, 0.3) is 5.69 Å². The van der Waals surface area contributed by atoms with Crippen LogP contribution in [-0.4, -0.2) is 41.9 Å². The lowest BCUT2D eigenvalue weighted by molar-refractivity contribution is -0.385. The third-order valence-corrected chi connectivity index (χ3v) is 5.60. The maximum atomic E-state index is 12.6. The van der Waals surface area contributed by atoms with Gasteiger partial charge in [-0.2, -0.15) is 4.31 Å². The molecule has 0 bridgehead atoms. The van der Waals surface area contributed by atoms with Gasteiger partial charge in [0.1, 0.15) is 0 Å². The molecule has 1 atom stereocenters. The molecule has 1 aliphatic heterocycles. The van der Waals surface area contributed by atoms with Gasteiger partial charge in [0.05, 0.1) is 16.4 Å². The lowest BCUT2D eigenvalue weighted by Crippen LogP contribution is -2.37. The standard InChI is InChI=1S/C12H16N2O5S/c1-9-7-10(14(16)17)4-5-12(9)20(18,19)13-6-2-3-11(13)8-15/h4-5,7,11,15H,2-3,6,8H2,1H3/t11-/m1/s1. The van der Waals surface area contributed by atoms with Gasteiger partial charge in [-0.1, -0.05) is 0 Å². The quantitative estimate of drug-likeness (QED) is 0.661. The lowest BCUT2D eigenvalue weighted by atomic mass is 10.2. The summed E-state index contributed by atoms with van der Waals surface area (Å²) in [4.78, 5) is 10.2. The Morgan fingerprint density at radius 1 is 1.50 bits per heavy atom. The molecule has 7 nitrogen and oxygen atoms in total.